The Kier molecular flexibility index (Phi) is 9.07. The number of methoxy groups -OCH3 is 1. The molecule has 1 aromatic heterocycles. The second kappa shape index (κ2) is 12.9. The first-order valence-electron chi connectivity index (χ1n) is 12.9. The summed E-state index contributed by atoms with van der Waals surface area (Å²) in [6.07, 6.45) is 0. The molecule has 1 unspecified atom stereocenters. The number of ether oxygens (including phenoxy) is 3. The number of fused-ring (bicyclic) bond motifs is 1. The standard InChI is InChI=1S/C30H28Cl2N4O4S/c1-4-41-30-34-29-33-18(2)26(28(37)40-16-19-8-6-5-7-9-19)27(36(29)35-30)20-11-13-24(25(14-20)38-3)39-17-21-10-12-22(31)15-23(21)32/h5-15,27H,4,16-17H2,1-3H3,(H,33,34,35). The van der Waals surface area contributed by atoms with Crippen LogP contribution < -0.4 is 14.8 Å². The average molecular weight is 612 g/mol. The first kappa shape index (κ1) is 28.9. The highest BCUT2D eigenvalue weighted by molar-refractivity contribution is 7.99. The number of nitrogens with one attached hydrogen (secondary N) is 1. The normalized spacial score (nSPS) is 14.3. The van der Waals surface area contributed by atoms with Crippen LogP contribution in [0.2, 0.25) is 10.0 Å². The van der Waals surface area contributed by atoms with Gasteiger partial charge < -0.3 is 19.5 Å². The van der Waals surface area contributed by atoms with E-state index in [4.69, 9.17) is 42.5 Å². The molecule has 1 aliphatic rings. The number of hydrogen-bond acceptors (Lipinski definition) is 8. The Morgan fingerprint density at radius 3 is 2.59 bits per heavy atom. The fourth-order valence-electron chi connectivity index (χ4n) is 4.46. The van der Waals surface area contributed by atoms with Crippen molar-refractivity contribution in [2.45, 2.75) is 38.3 Å². The summed E-state index contributed by atoms with van der Waals surface area (Å²) < 4.78 is 19.2. The van der Waals surface area contributed by atoms with E-state index in [2.05, 4.69) is 10.3 Å². The van der Waals surface area contributed by atoms with Gasteiger partial charge in [-0.15, -0.1) is 5.10 Å². The zero-order chi connectivity index (χ0) is 28.9. The summed E-state index contributed by atoms with van der Waals surface area (Å²) in [5.41, 5.74) is 3.50. The Morgan fingerprint density at radius 2 is 1.85 bits per heavy atom. The van der Waals surface area contributed by atoms with E-state index in [1.807, 2.05) is 62.4 Å². The summed E-state index contributed by atoms with van der Waals surface area (Å²) in [6, 6.07) is 19.7. The Morgan fingerprint density at radius 1 is 1.05 bits per heavy atom. The van der Waals surface area contributed by atoms with Crippen molar-refractivity contribution in [3.8, 4) is 11.5 Å². The summed E-state index contributed by atoms with van der Waals surface area (Å²) in [5.74, 6) is 1.91. The van der Waals surface area contributed by atoms with Crippen molar-refractivity contribution in [2.24, 2.45) is 0 Å². The molecule has 1 N–H and O–H groups in total. The predicted octanol–water partition coefficient (Wildman–Crippen LogP) is 7.32. The van der Waals surface area contributed by atoms with Crippen molar-refractivity contribution in [1.29, 1.82) is 0 Å². The predicted molar refractivity (Wildman–Crippen MR) is 161 cm³/mol. The molecule has 0 amide bonds. The SMILES string of the molecule is CCSc1nc2n(n1)C(c1ccc(OCc3ccc(Cl)cc3Cl)c(OC)c1)C(C(=O)OCc1ccccc1)=C(C)N2. The van der Waals surface area contributed by atoms with Crippen molar-refractivity contribution in [2.75, 3.05) is 18.2 Å². The molecule has 0 fully saturated rings. The smallest absolute Gasteiger partial charge is 0.338 e. The van der Waals surface area contributed by atoms with E-state index in [0.717, 1.165) is 22.4 Å². The highest BCUT2D eigenvalue weighted by atomic mass is 35.5. The fourth-order valence-corrected chi connectivity index (χ4v) is 5.48. The molecule has 0 aliphatic carbocycles. The van der Waals surface area contributed by atoms with Crippen LogP contribution in [0, 0.1) is 0 Å². The highest BCUT2D eigenvalue weighted by Gasteiger charge is 2.36. The first-order valence-corrected chi connectivity index (χ1v) is 14.6. The zero-order valence-electron chi connectivity index (χ0n) is 22.7. The Hall–Kier alpha value is -3.66. The molecule has 0 saturated carbocycles. The molecule has 2 heterocycles. The second-order valence-corrected chi connectivity index (χ2v) is 11.2. The van der Waals surface area contributed by atoms with Gasteiger partial charge in [0.2, 0.25) is 11.1 Å². The molecule has 4 aromatic rings. The lowest BCUT2D eigenvalue weighted by molar-refractivity contribution is -0.140. The number of benzene rings is 3. The van der Waals surface area contributed by atoms with Crippen LogP contribution in [0.1, 0.15) is 36.6 Å². The molecule has 8 nitrogen and oxygen atoms in total. The number of aromatic nitrogens is 3. The molecule has 5 rings (SSSR count). The highest BCUT2D eigenvalue weighted by Crippen LogP contribution is 2.40. The fraction of sp³-hybridized carbons (Fsp3) is 0.233. The molecule has 1 atom stereocenters. The van der Waals surface area contributed by atoms with E-state index < -0.39 is 12.0 Å². The summed E-state index contributed by atoms with van der Waals surface area (Å²) in [4.78, 5) is 18.2. The second-order valence-electron chi connectivity index (χ2n) is 9.16. The lowest BCUT2D eigenvalue weighted by Gasteiger charge is -2.28. The monoisotopic (exact) mass is 610 g/mol. The summed E-state index contributed by atoms with van der Waals surface area (Å²) in [7, 11) is 1.57. The molecular weight excluding hydrogens is 583 g/mol. The number of nitrogens with zero attached hydrogens (tertiary/aromatic N) is 3. The van der Waals surface area contributed by atoms with E-state index in [1.54, 1.807) is 30.0 Å². The van der Waals surface area contributed by atoms with Gasteiger partial charge in [-0.2, -0.15) is 4.98 Å². The van der Waals surface area contributed by atoms with Gasteiger partial charge in [-0.05, 0) is 48.1 Å². The Bertz CT molecular complexity index is 1590. The summed E-state index contributed by atoms with van der Waals surface area (Å²) in [5, 5.41) is 9.63. The topological polar surface area (TPSA) is 87.5 Å². The third kappa shape index (κ3) is 6.48. The molecule has 11 heteroatoms. The lowest BCUT2D eigenvalue weighted by atomic mass is 9.95. The van der Waals surface area contributed by atoms with Crippen LogP contribution in [0.25, 0.3) is 0 Å². The van der Waals surface area contributed by atoms with Gasteiger partial charge >= 0.3 is 5.97 Å². The van der Waals surface area contributed by atoms with Crippen LogP contribution in [-0.4, -0.2) is 33.6 Å². The van der Waals surface area contributed by atoms with Gasteiger partial charge in [-0.25, -0.2) is 9.48 Å². The minimum absolute atomic E-state index is 0.147. The van der Waals surface area contributed by atoms with E-state index >= 15 is 0 Å². The number of thioether (sulfide) groups is 1. The van der Waals surface area contributed by atoms with Gasteiger partial charge in [-0.1, -0.05) is 84.4 Å². The number of halogens is 2. The van der Waals surface area contributed by atoms with Gasteiger partial charge in [0.05, 0.1) is 12.7 Å². The number of carbonyl (C=O) groups excluding carboxylic acids is 1. The van der Waals surface area contributed by atoms with E-state index in [9.17, 15) is 4.79 Å². The molecule has 0 radical (unpaired) electrons. The maximum absolute atomic E-state index is 13.6. The van der Waals surface area contributed by atoms with Crippen molar-refractivity contribution in [1.82, 2.24) is 14.8 Å². The van der Waals surface area contributed by atoms with E-state index in [-0.39, 0.29) is 13.2 Å². The number of rotatable bonds is 10. The van der Waals surface area contributed by atoms with Crippen LogP contribution in [0.4, 0.5) is 5.95 Å². The van der Waals surface area contributed by atoms with Crippen LogP contribution >= 0.6 is 35.0 Å². The number of esters is 1. The molecule has 212 valence electrons. The molecule has 0 spiro atoms. The van der Waals surface area contributed by atoms with Gasteiger partial charge in [0.25, 0.3) is 0 Å². The maximum atomic E-state index is 13.6. The largest absolute Gasteiger partial charge is 0.493 e. The molecule has 0 bridgehead atoms. The van der Waals surface area contributed by atoms with E-state index in [0.29, 0.717) is 43.9 Å². The summed E-state index contributed by atoms with van der Waals surface area (Å²) >= 11 is 13.9. The molecule has 0 saturated heterocycles. The van der Waals surface area contributed by atoms with Crippen molar-refractivity contribution in [3.05, 3.63) is 105 Å². The van der Waals surface area contributed by atoms with Gasteiger partial charge in [0, 0.05) is 21.3 Å². The van der Waals surface area contributed by atoms with Crippen LogP contribution in [0.3, 0.4) is 0 Å². The van der Waals surface area contributed by atoms with Crippen LogP contribution in [0.5, 0.6) is 11.5 Å². The molecule has 1 aliphatic heterocycles. The van der Waals surface area contributed by atoms with Gasteiger partial charge in [0.15, 0.2) is 11.5 Å². The lowest BCUT2D eigenvalue weighted by Crippen LogP contribution is -2.29. The Labute approximate surface area is 252 Å². The average Bonchev–Trinajstić information content (AvgIpc) is 3.37. The maximum Gasteiger partial charge on any atom is 0.338 e. The Balaban J connectivity index is 1.47. The van der Waals surface area contributed by atoms with Gasteiger partial charge in [0.1, 0.15) is 19.3 Å². The first-order chi connectivity index (χ1) is 19.9. The van der Waals surface area contributed by atoms with E-state index in [1.165, 1.54) is 11.8 Å². The third-order valence-electron chi connectivity index (χ3n) is 6.44. The minimum Gasteiger partial charge on any atom is -0.493 e. The summed E-state index contributed by atoms with van der Waals surface area (Å²) in [6.45, 7) is 4.24. The molecule has 41 heavy (non-hydrogen) atoms. The number of carbonyl (C=O) groups is 1. The van der Waals surface area contributed by atoms with Crippen LogP contribution in [0.15, 0.2) is 83.2 Å². The van der Waals surface area contributed by atoms with Crippen LogP contribution in [-0.2, 0) is 22.7 Å². The third-order valence-corrected chi connectivity index (χ3v) is 7.75. The van der Waals surface area contributed by atoms with Crippen molar-refractivity contribution < 1.29 is 19.0 Å². The van der Waals surface area contributed by atoms with Crippen molar-refractivity contribution >= 4 is 46.9 Å². The quantitative estimate of drug-likeness (QED) is 0.148. The number of allylic oxidation sites excluding steroid dienone is 1. The minimum atomic E-state index is -0.609. The number of hydrogen-bond donors (Lipinski definition) is 1. The number of anilines is 1. The zero-order valence-corrected chi connectivity index (χ0v) is 25.0. The molecule has 3 aromatic carbocycles. The van der Waals surface area contributed by atoms with Gasteiger partial charge in [-0.3, -0.25) is 0 Å². The van der Waals surface area contributed by atoms with Crippen molar-refractivity contribution in [3.63, 3.8) is 0 Å². The molecular formula is C30H28Cl2N4O4S.